The molecule has 0 unspecified atom stereocenters. The molecular formula is C121H154F6Mo3N9O5-. The van der Waals surface area contributed by atoms with Crippen LogP contribution >= 0.6 is 0 Å². The first-order valence-corrected chi connectivity index (χ1v) is 53.8. The van der Waals surface area contributed by atoms with Crippen molar-refractivity contribution < 1.29 is 106 Å². The predicted molar refractivity (Wildman–Crippen MR) is 584 cm³/mol. The Labute approximate surface area is 879 Å². The number of hydrogen-bond donors (Lipinski definition) is 6. The van der Waals surface area contributed by atoms with E-state index in [1.807, 2.05) is 120 Å². The van der Waals surface area contributed by atoms with Crippen LogP contribution < -0.4 is 9.97 Å². The second kappa shape index (κ2) is 60.8. The molecule has 9 aromatic carbocycles. The number of halogens is 6. The first-order valence-electron chi connectivity index (χ1n) is 47.6. The number of aliphatic hydroxyl groups is 2. The number of phenolic OH excluding ortho intramolecular Hbond substituents is 3. The molecule has 0 atom stereocenters. The summed E-state index contributed by atoms with van der Waals surface area (Å²) in [7, 11) is 0. The number of nitrogens with one attached hydrogen (secondary N) is 1. The van der Waals surface area contributed by atoms with Crippen LogP contribution in [0.4, 0.5) is 43.4 Å². The van der Waals surface area contributed by atoms with E-state index in [4.69, 9.17) is 20.7 Å². The molecule has 15 aromatic rings. The number of aromatic hydroxyl groups is 3. The molecule has 0 aliphatic carbocycles. The van der Waals surface area contributed by atoms with E-state index in [0.717, 1.165) is 38.9 Å². The third kappa shape index (κ3) is 43.4. The fraction of sp³-hybridized carbons (Fsp3) is 0.347. The third-order valence-electron chi connectivity index (χ3n) is 22.1. The van der Waals surface area contributed by atoms with Crippen LogP contribution in [-0.2, 0) is 70.0 Å². The molecule has 774 valence electrons. The number of aromatic nitrogens is 6. The van der Waals surface area contributed by atoms with E-state index < -0.39 is 77.3 Å². The molecule has 0 spiro atoms. The maximum absolute atomic E-state index is 11.3. The van der Waals surface area contributed by atoms with Crippen LogP contribution in [0.25, 0.3) is 32.7 Å². The Kier molecular flexibility index (Phi) is 53.7. The Hall–Kier alpha value is -11.0. The van der Waals surface area contributed by atoms with E-state index in [0.29, 0.717) is 79.8 Å². The Morgan fingerprint density at radius 2 is 0.549 bits per heavy atom. The second-order valence-electron chi connectivity index (χ2n) is 38.9. The van der Waals surface area contributed by atoms with Crippen LogP contribution in [0.2, 0.25) is 0 Å². The number of nitrogens with zero attached hydrogens (tertiary/aromatic N) is 8. The summed E-state index contributed by atoms with van der Waals surface area (Å²) in [6.07, 6.45) is -4.01. The normalized spacial score (nSPS) is 11.1. The van der Waals surface area contributed by atoms with E-state index in [1.165, 1.54) is 78.5 Å². The van der Waals surface area contributed by atoms with Crippen molar-refractivity contribution in [3.05, 3.63) is 383 Å². The van der Waals surface area contributed by atoms with Gasteiger partial charge in [-0.15, -0.1) is 0 Å². The molecule has 14 nitrogen and oxygen atoms in total. The summed E-state index contributed by atoms with van der Waals surface area (Å²) in [5.41, 5.74) is 20.2. The smallest absolute Gasteiger partial charge is 0.141 e. The fourth-order valence-electron chi connectivity index (χ4n) is 13.4. The van der Waals surface area contributed by atoms with Crippen LogP contribution in [0.5, 0.6) is 17.2 Å². The van der Waals surface area contributed by atoms with Crippen LogP contribution in [-0.4, -0.2) is 82.2 Å². The van der Waals surface area contributed by atoms with Crippen molar-refractivity contribution in [2.75, 3.05) is 0 Å². The van der Waals surface area contributed by atoms with Gasteiger partial charge in [0.2, 0.25) is 0 Å². The zero-order chi connectivity index (χ0) is 106. The summed E-state index contributed by atoms with van der Waals surface area (Å²) in [6.45, 7) is 55.8. The van der Waals surface area contributed by atoms with Crippen molar-refractivity contribution in [3.8, 4) is 17.2 Å². The fourth-order valence-corrected chi connectivity index (χ4v) is 19.1. The number of hydrogen-bond acceptors (Lipinski definition) is 11. The molecule has 0 saturated heterocycles. The number of alkyl halides is 6. The van der Waals surface area contributed by atoms with Gasteiger partial charge in [0.1, 0.15) is 33.8 Å². The summed E-state index contributed by atoms with van der Waals surface area (Å²) in [5, 5.41) is 47.3. The molecule has 6 aromatic heterocycles. The summed E-state index contributed by atoms with van der Waals surface area (Å²) >= 11 is -1.66. The number of phenols is 3. The molecule has 6 heterocycles. The molecule has 15 rings (SSSR count). The van der Waals surface area contributed by atoms with Gasteiger partial charge in [-0.3, -0.25) is 15.0 Å². The number of H-pyrrole nitrogens is 1. The van der Waals surface area contributed by atoms with E-state index in [1.54, 1.807) is 55.0 Å². The monoisotopic (exact) mass is 2220 g/mol. The first-order chi connectivity index (χ1) is 66.5. The summed E-state index contributed by atoms with van der Waals surface area (Å²) in [6, 6.07) is 91.8. The van der Waals surface area contributed by atoms with Crippen LogP contribution in [0.15, 0.2) is 302 Å². The number of aryl methyl sites for hydroxylation is 6. The van der Waals surface area contributed by atoms with E-state index in [9.17, 15) is 41.7 Å². The SMILES string of the molecule is C.CC(C)(O)C(F)(F)F.CC(C)(O)C(F)(F)F.CC(C)c1cccc(C(C)C)c1[N]=[Mo+2]=[CH]C(C)(C)c1ccccc1.CC(C)c1cccc(C(C)C)c1[N]=[Mo]=[CH]C(C)(C)c1ccccc1.CC(C)c1cccc(C(C)C)c1[N]=[Mo]=[CH]C(C)(C)c1ccccc1.Cc1ccc(C)[n-]1.Cc1ccc(C)[n-]1.Cc1ccc(C)[nH]1.Oc1cccc2cccnc12.Oc1cccc2cccnc12.Oc1cccc2cccnc12.[CH3-]. The van der Waals surface area contributed by atoms with Crippen LogP contribution in [0.1, 0.15) is 279 Å². The van der Waals surface area contributed by atoms with E-state index in [-0.39, 0.29) is 48.3 Å². The van der Waals surface area contributed by atoms with Crippen LogP contribution in [0, 0.1) is 49.0 Å². The van der Waals surface area contributed by atoms with Gasteiger partial charge in [0.25, 0.3) is 0 Å². The maximum Gasteiger partial charge on any atom is 0.141 e. The maximum atomic E-state index is 11.3. The topological polar surface area (TPSA) is 221 Å². The Morgan fingerprint density at radius 3 is 0.757 bits per heavy atom. The zero-order valence-electron chi connectivity index (χ0n) is 88.7. The standard InChI is InChI=1S/3C12H17N.3C10H12.3C9H7NO.C6H9N.2C6H8N.2C4H7F3O.CH4.CH3.3Mo/c3*1-8(2)10-6-5-7-11(9(3)4)12(10)13;3*1-10(2,3)9-7-5-4-6-8-9;3*11-8-5-1-3-7-4-2-6-10-9(7)8;3*1-5-3-4-6(2)7-5;2*1-3(2,8)4(5,6)7;;;;;/h3*5-9H,1-4H3;3*1,4-8H,2-3H3;3*1-6,11H;3-4,7H,1-2H3;2*3-4H,1-2H3;2*8H,1-2H3;1H4;1H3;;;/q;;;;;;;;;;2*-1;;;;-1;;;+2. The van der Waals surface area contributed by atoms with Gasteiger partial charge in [0.15, 0.2) is 11.2 Å². The van der Waals surface area contributed by atoms with Crippen molar-refractivity contribution in [3.63, 3.8) is 0 Å². The molecule has 0 saturated carbocycles. The van der Waals surface area contributed by atoms with Gasteiger partial charge in [-0.1, -0.05) is 114 Å². The number of benzene rings is 9. The minimum Gasteiger partial charge on any atom is -0.665 e. The van der Waals surface area contributed by atoms with Crippen molar-refractivity contribution in [1.29, 1.82) is 0 Å². The summed E-state index contributed by atoms with van der Waals surface area (Å²) < 4.78 is 90.6. The minimum absolute atomic E-state index is 0. The molecule has 0 bridgehead atoms. The molecule has 0 aliphatic heterocycles. The molecular weight excluding hydrogens is 2060 g/mol. The number of fused-ring (bicyclic) bond motifs is 3. The molecule has 0 aliphatic rings. The third-order valence-corrected chi connectivity index (χ3v) is 29.3. The predicted octanol–water partition coefficient (Wildman–Crippen LogP) is 33.5. The molecule has 23 heteroatoms. The zero-order valence-corrected chi connectivity index (χ0v) is 94.7. The largest absolute Gasteiger partial charge is 0.665 e. The van der Waals surface area contributed by atoms with Crippen molar-refractivity contribution in [2.24, 2.45) is 10.5 Å². The molecule has 144 heavy (non-hydrogen) atoms. The number of para-hydroxylation sites is 3. The molecule has 0 radical (unpaired) electrons. The van der Waals surface area contributed by atoms with Crippen molar-refractivity contribution >= 4 is 63.0 Å². The minimum atomic E-state index is -4.51. The van der Waals surface area contributed by atoms with Gasteiger partial charge in [0, 0.05) is 46.1 Å². The first kappa shape index (κ1) is 127. The van der Waals surface area contributed by atoms with Gasteiger partial charge in [-0.2, -0.15) is 49.1 Å². The van der Waals surface area contributed by atoms with Crippen molar-refractivity contribution in [1.82, 2.24) is 29.9 Å². The van der Waals surface area contributed by atoms with Crippen LogP contribution in [0.3, 0.4) is 0 Å². The average molecular weight is 2220 g/mol. The average Bonchev–Trinajstić information content (AvgIpc) is 0.844. The molecule has 6 N–H and O–H groups in total. The Morgan fingerprint density at radius 1 is 0.319 bits per heavy atom. The number of rotatable bonds is 15. The molecule has 0 fully saturated rings. The number of aromatic amines is 1. The Balaban J connectivity index is 0.000000420. The van der Waals surface area contributed by atoms with Gasteiger partial charge < -0.3 is 47.9 Å². The summed E-state index contributed by atoms with van der Waals surface area (Å²) in [5.74, 6) is 3.78. The summed E-state index contributed by atoms with van der Waals surface area (Å²) in [4.78, 5) is 23.5. The van der Waals surface area contributed by atoms with Gasteiger partial charge in [0.05, 0.1) is 0 Å². The van der Waals surface area contributed by atoms with Crippen molar-refractivity contribution in [2.45, 2.75) is 277 Å². The number of pyridine rings is 3. The quantitative estimate of drug-likeness (QED) is 0.0324. The van der Waals surface area contributed by atoms with Gasteiger partial charge >= 0.3 is 479 Å². The van der Waals surface area contributed by atoms with Gasteiger partial charge in [-0.25, -0.2) is 0 Å². The van der Waals surface area contributed by atoms with E-state index in [2.05, 4.69) is 325 Å². The second-order valence-corrected chi connectivity index (χ2v) is 43.6. The van der Waals surface area contributed by atoms with Gasteiger partial charge in [-0.05, 0) is 90.1 Å². The van der Waals surface area contributed by atoms with E-state index >= 15 is 0 Å². The molecule has 0 amide bonds. The Bertz CT molecular complexity index is 5770.